The zero-order valence-electron chi connectivity index (χ0n) is 11.7. The number of aryl methyl sites for hydroxylation is 3. The van der Waals surface area contributed by atoms with E-state index in [0.29, 0.717) is 0 Å². The lowest BCUT2D eigenvalue weighted by atomic mass is 10.1. The lowest BCUT2D eigenvalue weighted by molar-refractivity contribution is 0.479. The maximum atomic E-state index is 5.93. The fraction of sp³-hybridized carbons (Fsp3) is 0.267. The van der Waals surface area contributed by atoms with Gasteiger partial charge >= 0.3 is 0 Å². The molecule has 0 spiro atoms. The van der Waals surface area contributed by atoms with Gasteiger partial charge in [0.15, 0.2) is 0 Å². The van der Waals surface area contributed by atoms with E-state index in [0.717, 1.165) is 32.3 Å². The van der Waals surface area contributed by atoms with Crippen LogP contribution in [0.5, 0.6) is 0 Å². The van der Waals surface area contributed by atoms with Gasteiger partial charge in [0.1, 0.15) is 17.4 Å². The molecule has 2 heterocycles. The van der Waals surface area contributed by atoms with E-state index >= 15 is 0 Å². The lowest BCUT2D eigenvalue weighted by Gasteiger charge is -2.11. The molecule has 0 bridgehead atoms. The number of nitrogens with two attached hydrogens (primary N) is 1. The highest BCUT2D eigenvalue weighted by atomic mass is 32.1. The molecule has 5 heteroatoms. The zero-order valence-corrected chi connectivity index (χ0v) is 12.5. The first-order valence-corrected chi connectivity index (χ1v) is 7.30. The maximum absolute atomic E-state index is 5.93. The summed E-state index contributed by atoms with van der Waals surface area (Å²) in [5, 5.41) is 2.13. The Labute approximate surface area is 121 Å². The predicted octanol–water partition coefficient (Wildman–Crippen LogP) is 3.37. The Morgan fingerprint density at radius 1 is 1.25 bits per heavy atom. The number of nitrogens with one attached hydrogen (secondary N) is 1. The summed E-state index contributed by atoms with van der Waals surface area (Å²) in [6, 6.07) is 8.03. The van der Waals surface area contributed by atoms with Crippen molar-refractivity contribution in [3.05, 3.63) is 51.2 Å². The number of aromatic nitrogens is 1. The van der Waals surface area contributed by atoms with Gasteiger partial charge in [-0.1, -0.05) is 11.6 Å². The molecule has 20 heavy (non-hydrogen) atoms. The van der Waals surface area contributed by atoms with E-state index in [1.807, 2.05) is 32.0 Å². The molecule has 1 unspecified atom stereocenters. The van der Waals surface area contributed by atoms with Gasteiger partial charge in [-0.05, 0) is 39.0 Å². The molecule has 0 aliphatic rings. The normalized spacial score (nSPS) is 13.0. The van der Waals surface area contributed by atoms with Crippen molar-refractivity contribution in [3.8, 4) is 0 Å². The number of hydrogen-bond acceptors (Lipinski definition) is 5. The SMILES string of the molecule is Cc1ccc2oc(C(NN)c3sc(C)nc3C)cc2c1. The van der Waals surface area contributed by atoms with E-state index in [1.54, 1.807) is 11.3 Å². The van der Waals surface area contributed by atoms with Gasteiger partial charge in [0.05, 0.1) is 15.6 Å². The third-order valence-corrected chi connectivity index (χ3v) is 4.48. The Hall–Kier alpha value is -1.69. The number of benzene rings is 1. The van der Waals surface area contributed by atoms with Gasteiger partial charge in [-0.15, -0.1) is 11.3 Å². The number of hydrazine groups is 1. The summed E-state index contributed by atoms with van der Waals surface area (Å²) >= 11 is 1.64. The van der Waals surface area contributed by atoms with Gasteiger partial charge in [-0.3, -0.25) is 5.84 Å². The van der Waals surface area contributed by atoms with Crippen LogP contribution in [0.3, 0.4) is 0 Å². The number of rotatable bonds is 3. The van der Waals surface area contributed by atoms with Gasteiger partial charge in [0, 0.05) is 5.39 Å². The van der Waals surface area contributed by atoms with Crippen LogP contribution in [-0.4, -0.2) is 4.98 Å². The summed E-state index contributed by atoms with van der Waals surface area (Å²) in [6.45, 7) is 6.06. The van der Waals surface area contributed by atoms with Crippen molar-refractivity contribution < 1.29 is 4.42 Å². The first kappa shape index (κ1) is 13.3. The van der Waals surface area contributed by atoms with Gasteiger partial charge in [0.25, 0.3) is 0 Å². The third kappa shape index (κ3) is 2.24. The van der Waals surface area contributed by atoms with Gasteiger partial charge in [-0.25, -0.2) is 10.4 Å². The van der Waals surface area contributed by atoms with E-state index in [9.17, 15) is 0 Å². The Kier molecular flexibility index (Phi) is 3.33. The van der Waals surface area contributed by atoms with Crippen molar-refractivity contribution in [2.24, 2.45) is 5.84 Å². The number of furan rings is 1. The van der Waals surface area contributed by atoms with Crippen LogP contribution < -0.4 is 11.3 Å². The fourth-order valence-electron chi connectivity index (χ4n) is 2.43. The summed E-state index contributed by atoms with van der Waals surface area (Å²) in [5.41, 5.74) is 5.93. The minimum absolute atomic E-state index is 0.158. The van der Waals surface area contributed by atoms with Crippen molar-refractivity contribution >= 4 is 22.3 Å². The zero-order chi connectivity index (χ0) is 14.3. The van der Waals surface area contributed by atoms with Crippen LogP contribution in [0.1, 0.15) is 32.9 Å². The molecule has 104 valence electrons. The molecule has 0 saturated carbocycles. The molecule has 3 aromatic rings. The monoisotopic (exact) mass is 287 g/mol. The Morgan fingerprint density at radius 3 is 2.70 bits per heavy atom. The fourth-order valence-corrected chi connectivity index (χ4v) is 3.42. The van der Waals surface area contributed by atoms with E-state index < -0.39 is 0 Å². The largest absolute Gasteiger partial charge is 0.459 e. The predicted molar refractivity (Wildman–Crippen MR) is 81.7 cm³/mol. The van der Waals surface area contributed by atoms with Crippen LogP contribution >= 0.6 is 11.3 Å². The topological polar surface area (TPSA) is 64.1 Å². The molecule has 2 aromatic heterocycles. The minimum atomic E-state index is -0.158. The average molecular weight is 287 g/mol. The number of hydrogen-bond donors (Lipinski definition) is 2. The Morgan fingerprint density at radius 2 is 2.05 bits per heavy atom. The molecule has 0 amide bonds. The molecule has 0 aliphatic heterocycles. The molecular weight excluding hydrogens is 270 g/mol. The average Bonchev–Trinajstić information content (AvgIpc) is 2.94. The second-order valence-corrected chi connectivity index (χ2v) is 6.21. The molecule has 0 saturated heterocycles. The summed E-state index contributed by atoms with van der Waals surface area (Å²) < 4.78 is 5.93. The first-order chi connectivity index (χ1) is 9.58. The van der Waals surface area contributed by atoms with Crippen LogP contribution in [0.15, 0.2) is 28.7 Å². The van der Waals surface area contributed by atoms with E-state index in [-0.39, 0.29) is 6.04 Å². The van der Waals surface area contributed by atoms with Crippen molar-refractivity contribution in [2.75, 3.05) is 0 Å². The molecule has 1 aromatic carbocycles. The first-order valence-electron chi connectivity index (χ1n) is 6.48. The number of thiazole rings is 1. The highest BCUT2D eigenvalue weighted by Crippen LogP contribution is 2.32. The van der Waals surface area contributed by atoms with Crippen molar-refractivity contribution in [1.82, 2.24) is 10.4 Å². The van der Waals surface area contributed by atoms with Crippen LogP contribution in [0.4, 0.5) is 0 Å². The molecule has 0 radical (unpaired) electrons. The summed E-state index contributed by atoms with van der Waals surface area (Å²) in [5.74, 6) is 6.55. The molecule has 1 atom stereocenters. The molecule has 3 rings (SSSR count). The van der Waals surface area contributed by atoms with Gasteiger partial charge in [-0.2, -0.15) is 0 Å². The number of nitrogens with zero attached hydrogens (tertiary/aromatic N) is 1. The van der Waals surface area contributed by atoms with Crippen LogP contribution in [0.25, 0.3) is 11.0 Å². The molecule has 0 fully saturated rings. The van der Waals surface area contributed by atoms with Gasteiger partial charge < -0.3 is 4.42 Å². The van der Waals surface area contributed by atoms with E-state index in [2.05, 4.69) is 23.4 Å². The van der Waals surface area contributed by atoms with Crippen LogP contribution in [0, 0.1) is 20.8 Å². The quantitative estimate of drug-likeness (QED) is 0.572. The summed E-state index contributed by atoms with van der Waals surface area (Å²) in [7, 11) is 0. The highest BCUT2D eigenvalue weighted by molar-refractivity contribution is 7.11. The second-order valence-electron chi connectivity index (χ2n) is 4.97. The summed E-state index contributed by atoms with van der Waals surface area (Å²) in [6.07, 6.45) is 0. The molecule has 0 aliphatic carbocycles. The molecular formula is C15H17N3OS. The van der Waals surface area contributed by atoms with Crippen LogP contribution in [-0.2, 0) is 0 Å². The van der Waals surface area contributed by atoms with Crippen molar-refractivity contribution in [2.45, 2.75) is 26.8 Å². The maximum Gasteiger partial charge on any atom is 0.134 e. The van der Waals surface area contributed by atoms with Crippen LogP contribution in [0.2, 0.25) is 0 Å². The third-order valence-electron chi connectivity index (χ3n) is 3.34. The van der Waals surface area contributed by atoms with E-state index in [1.165, 1.54) is 5.56 Å². The summed E-state index contributed by atoms with van der Waals surface area (Å²) in [4.78, 5) is 5.55. The van der Waals surface area contributed by atoms with E-state index in [4.69, 9.17) is 10.3 Å². The molecule has 3 N–H and O–H groups in total. The van der Waals surface area contributed by atoms with Crippen molar-refractivity contribution in [1.29, 1.82) is 0 Å². The van der Waals surface area contributed by atoms with Gasteiger partial charge in [0.2, 0.25) is 0 Å². The Balaban J connectivity index is 2.09. The lowest BCUT2D eigenvalue weighted by Crippen LogP contribution is -2.28. The Bertz CT molecular complexity index is 760. The smallest absolute Gasteiger partial charge is 0.134 e. The second kappa shape index (κ2) is 5.01. The van der Waals surface area contributed by atoms with Crippen molar-refractivity contribution in [3.63, 3.8) is 0 Å². The molecule has 4 nitrogen and oxygen atoms in total. The number of fused-ring (bicyclic) bond motifs is 1. The highest BCUT2D eigenvalue weighted by Gasteiger charge is 2.22. The minimum Gasteiger partial charge on any atom is -0.459 e. The standard InChI is InChI=1S/C15H17N3OS/c1-8-4-5-12-11(6-8)7-13(19-12)14(18-16)15-9(2)17-10(3)20-15/h4-7,14,18H,16H2,1-3H3.